The van der Waals surface area contributed by atoms with Gasteiger partial charge in [-0.05, 0) is 18.1 Å². The van der Waals surface area contributed by atoms with Crippen LogP contribution in [0.25, 0.3) is 0 Å². The first-order valence-electron chi connectivity index (χ1n) is 5.32. The molecule has 0 radical (unpaired) electrons. The van der Waals surface area contributed by atoms with Gasteiger partial charge < -0.3 is 0 Å². The molecular formula is C13H15NOS2. The lowest BCUT2D eigenvalue weighted by Gasteiger charge is -2.07. The minimum Gasteiger partial charge on any atom is -0.299 e. The van der Waals surface area contributed by atoms with Crippen molar-refractivity contribution in [3.8, 4) is 6.07 Å². The number of nitrogens with zero attached hydrogens (tertiary/aromatic N) is 1. The lowest BCUT2D eigenvalue weighted by molar-refractivity contribution is -0.114. The van der Waals surface area contributed by atoms with Gasteiger partial charge in [0.15, 0.2) is 0 Å². The molecule has 0 bridgehead atoms. The van der Waals surface area contributed by atoms with Gasteiger partial charge in [0.25, 0.3) is 0 Å². The molecule has 0 unspecified atom stereocenters. The summed E-state index contributed by atoms with van der Waals surface area (Å²) in [6, 6.07) is 10.3. The highest BCUT2D eigenvalue weighted by Gasteiger charge is 2.03. The largest absolute Gasteiger partial charge is 0.299 e. The van der Waals surface area contributed by atoms with Crippen LogP contribution in [0.1, 0.15) is 18.1 Å². The number of nitriles is 1. The second-order valence-electron chi connectivity index (χ2n) is 3.61. The molecule has 0 aliphatic carbocycles. The van der Waals surface area contributed by atoms with Crippen LogP contribution in [0.15, 0.2) is 24.3 Å². The lowest BCUT2D eigenvalue weighted by atomic mass is 10.1. The van der Waals surface area contributed by atoms with E-state index in [0.29, 0.717) is 11.5 Å². The van der Waals surface area contributed by atoms with Gasteiger partial charge in [0.05, 0.1) is 17.6 Å². The summed E-state index contributed by atoms with van der Waals surface area (Å²) in [4.78, 5) is 10.9. The van der Waals surface area contributed by atoms with Gasteiger partial charge in [-0.15, -0.1) is 23.5 Å². The molecule has 0 spiro atoms. The van der Waals surface area contributed by atoms with Crippen LogP contribution in [0.4, 0.5) is 0 Å². The van der Waals surface area contributed by atoms with Crippen LogP contribution >= 0.6 is 23.5 Å². The number of hydrogen-bond acceptors (Lipinski definition) is 4. The Morgan fingerprint density at radius 1 is 1.24 bits per heavy atom. The van der Waals surface area contributed by atoms with Crippen molar-refractivity contribution in [2.45, 2.75) is 18.4 Å². The molecule has 1 rings (SSSR count). The monoisotopic (exact) mass is 265 g/mol. The first-order valence-corrected chi connectivity index (χ1v) is 7.63. The van der Waals surface area contributed by atoms with Crippen molar-refractivity contribution in [1.29, 1.82) is 5.26 Å². The van der Waals surface area contributed by atoms with E-state index in [-0.39, 0.29) is 5.78 Å². The van der Waals surface area contributed by atoms with E-state index in [2.05, 4.69) is 18.2 Å². The Morgan fingerprint density at radius 2 is 1.82 bits per heavy atom. The molecule has 0 aromatic heterocycles. The van der Waals surface area contributed by atoms with Crippen LogP contribution in [0, 0.1) is 11.3 Å². The predicted octanol–water partition coefficient (Wildman–Crippen LogP) is 3.27. The Labute approximate surface area is 111 Å². The molecule has 2 nitrogen and oxygen atoms in total. The predicted molar refractivity (Wildman–Crippen MR) is 75.1 cm³/mol. The van der Waals surface area contributed by atoms with Gasteiger partial charge in [-0.2, -0.15) is 5.26 Å². The molecule has 1 aromatic rings. The fraction of sp³-hybridized carbons (Fsp3) is 0.385. The minimum absolute atomic E-state index is 0.214. The fourth-order valence-electron chi connectivity index (χ4n) is 1.35. The molecule has 0 aliphatic heterocycles. The molecule has 0 atom stereocenters. The van der Waals surface area contributed by atoms with Crippen molar-refractivity contribution in [3.05, 3.63) is 35.4 Å². The van der Waals surface area contributed by atoms with Crippen molar-refractivity contribution in [2.24, 2.45) is 0 Å². The van der Waals surface area contributed by atoms with Crippen LogP contribution in [-0.2, 0) is 16.3 Å². The van der Waals surface area contributed by atoms with E-state index in [9.17, 15) is 4.79 Å². The number of carbonyl (C=O) groups is 1. The zero-order valence-electron chi connectivity index (χ0n) is 9.81. The molecule has 0 saturated carbocycles. The number of ketones is 1. The van der Waals surface area contributed by atoms with E-state index in [0.717, 1.165) is 11.5 Å². The molecule has 0 N–H and O–H groups in total. The SMILES string of the molecule is CC(=O)CSCc1ccccc1CSCC#N. The van der Waals surface area contributed by atoms with Crippen molar-refractivity contribution < 1.29 is 4.79 Å². The fourth-order valence-corrected chi connectivity index (χ4v) is 2.94. The maximum atomic E-state index is 10.9. The topological polar surface area (TPSA) is 40.9 Å². The molecular weight excluding hydrogens is 250 g/mol. The summed E-state index contributed by atoms with van der Waals surface area (Å²) in [5, 5.41) is 8.50. The van der Waals surface area contributed by atoms with Crippen LogP contribution in [-0.4, -0.2) is 17.3 Å². The minimum atomic E-state index is 0.214. The Hall–Kier alpha value is -0.920. The Bertz CT molecular complexity index is 412. The number of benzene rings is 1. The van der Waals surface area contributed by atoms with Crippen molar-refractivity contribution in [1.82, 2.24) is 0 Å². The van der Waals surface area contributed by atoms with Gasteiger partial charge in [0, 0.05) is 11.5 Å². The summed E-state index contributed by atoms with van der Waals surface area (Å²) in [5.74, 6) is 3.04. The molecule has 1 aromatic carbocycles. The van der Waals surface area contributed by atoms with E-state index in [1.807, 2.05) is 12.1 Å². The third kappa shape index (κ3) is 5.81. The molecule has 0 fully saturated rings. The summed E-state index contributed by atoms with van der Waals surface area (Å²) in [7, 11) is 0. The van der Waals surface area contributed by atoms with Crippen LogP contribution in [0.3, 0.4) is 0 Å². The van der Waals surface area contributed by atoms with Crippen molar-refractivity contribution >= 4 is 29.3 Å². The summed E-state index contributed by atoms with van der Waals surface area (Å²) in [6.07, 6.45) is 0. The number of rotatable bonds is 7. The average Bonchev–Trinajstić information content (AvgIpc) is 2.31. The number of Topliss-reactive ketones (excluding diaryl/α,β-unsaturated/α-hetero) is 1. The smallest absolute Gasteiger partial charge is 0.139 e. The highest BCUT2D eigenvalue weighted by atomic mass is 32.2. The molecule has 0 aliphatic rings. The average molecular weight is 265 g/mol. The van der Waals surface area contributed by atoms with Gasteiger partial charge in [0.1, 0.15) is 5.78 Å². The Kier molecular flexibility index (Phi) is 6.83. The third-order valence-corrected chi connectivity index (χ3v) is 4.08. The van der Waals surface area contributed by atoms with Gasteiger partial charge in [-0.1, -0.05) is 24.3 Å². The Balaban J connectivity index is 2.52. The van der Waals surface area contributed by atoms with Crippen LogP contribution in [0.5, 0.6) is 0 Å². The highest BCUT2D eigenvalue weighted by molar-refractivity contribution is 7.99. The zero-order chi connectivity index (χ0) is 12.5. The van der Waals surface area contributed by atoms with Gasteiger partial charge in [-0.3, -0.25) is 4.79 Å². The lowest BCUT2D eigenvalue weighted by Crippen LogP contribution is -1.96. The molecule has 17 heavy (non-hydrogen) atoms. The first kappa shape index (κ1) is 14.1. The standard InChI is InChI=1S/C13H15NOS2/c1-11(15)8-17-10-13-5-3-2-4-12(13)9-16-7-6-14/h2-5H,7-10H2,1H3. The number of carbonyl (C=O) groups excluding carboxylic acids is 1. The molecule has 0 amide bonds. The van der Waals surface area contributed by atoms with Gasteiger partial charge >= 0.3 is 0 Å². The summed E-state index contributed by atoms with van der Waals surface area (Å²) in [5.41, 5.74) is 2.54. The number of thioether (sulfide) groups is 2. The second-order valence-corrected chi connectivity index (χ2v) is 5.59. The van der Waals surface area contributed by atoms with E-state index in [1.165, 1.54) is 11.1 Å². The van der Waals surface area contributed by atoms with Crippen LogP contribution in [0.2, 0.25) is 0 Å². The third-order valence-electron chi connectivity index (χ3n) is 2.11. The van der Waals surface area contributed by atoms with E-state index in [4.69, 9.17) is 5.26 Å². The van der Waals surface area contributed by atoms with E-state index < -0.39 is 0 Å². The highest BCUT2D eigenvalue weighted by Crippen LogP contribution is 2.20. The van der Waals surface area contributed by atoms with E-state index in [1.54, 1.807) is 30.4 Å². The zero-order valence-corrected chi connectivity index (χ0v) is 11.4. The van der Waals surface area contributed by atoms with Gasteiger partial charge in [-0.25, -0.2) is 0 Å². The van der Waals surface area contributed by atoms with Crippen molar-refractivity contribution in [2.75, 3.05) is 11.5 Å². The maximum absolute atomic E-state index is 10.9. The summed E-state index contributed by atoms with van der Waals surface area (Å²) < 4.78 is 0. The first-order chi connectivity index (χ1) is 8.24. The molecule has 0 saturated heterocycles. The Morgan fingerprint density at radius 3 is 2.35 bits per heavy atom. The van der Waals surface area contributed by atoms with E-state index >= 15 is 0 Å². The molecule has 90 valence electrons. The normalized spacial score (nSPS) is 9.88. The van der Waals surface area contributed by atoms with Crippen LogP contribution < -0.4 is 0 Å². The molecule has 0 heterocycles. The molecule has 4 heteroatoms. The van der Waals surface area contributed by atoms with Gasteiger partial charge in [0.2, 0.25) is 0 Å². The summed E-state index contributed by atoms with van der Waals surface area (Å²) >= 11 is 3.27. The second kappa shape index (κ2) is 8.21. The summed E-state index contributed by atoms with van der Waals surface area (Å²) in [6.45, 7) is 1.61. The van der Waals surface area contributed by atoms with Crippen molar-refractivity contribution in [3.63, 3.8) is 0 Å². The quantitative estimate of drug-likeness (QED) is 0.710. The maximum Gasteiger partial charge on any atom is 0.139 e. The number of hydrogen-bond donors (Lipinski definition) is 0.